The molecule has 0 spiro atoms. The molecule has 4 rings (SSSR count). The Morgan fingerprint density at radius 3 is 3.09 bits per heavy atom. The normalized spacial score (nSPS) is 16.5. The first-order chi connectivity index (χ1) is 11.1. The van der Waals surface area contributed by atoms with Crippen LogP contribution in [0.3, 0.4) is 0 Å². The van der Waals surface area contributed by atoms with Gasteiger partial charge in [-0.25, -0.2) is 4.39 Å². The van der Waals surface area contributed by atoms with Gasteiger partial charge in [0.15, 0.2) is 0 Å². The monoisotopic (exact) mass is 310 g/mol. The zero-order valence-electron chi connectivity index (χ0n) is 12.5. The van der Waals surface area contributed by atoms with E-state index in [9.17, 15) is 9.18 Å². The van der Waals surface area contributed by atoms with Crippen molar-refractivity contribution >= 4 is 22.5 Å². The summed E-state index contributed by atoms with van der Waals surface area (Å²) in [6.07, 6.45) is 1.53. The third-order valence-corrected chi connectivity index (χ3v) is 4.23. The molecule has 0 saturated carbocycles. The van der Waals surface area contributed by atoms with Crippen molar-refractivity contribution < 1.29 is 9.18 Å². The van der Waals surface area contributed by atoms with E-state index in [0.29, 0.717) is 22.6 Å². The highest BCUT2D eigenvalue weighted by Gasteiger charge is 2.19. The standard InChI is InChI=1S/C17H15FN4O/c1-9-13-3-2-12(4-10(13)7-19-9)21-17(23)14-5-11(18)6-16-15(14)8-20-22-16/h2-6,8-9,19H,7H2,1H3,(H,20,22)(H,21,23)/t9-/m1/s1. The molecule has 3 aromatic rings. The average Bonchev–Trinajstić information content (AvgIpc) is 3.13. The van der Waals surface area contributed by atoms with Crippen molar-refractivity contribution in [1.29, 1.82) is 0 Å². The number of nitrogens with zero attached hydrogens (tertiary/aromatic N) is 1. The summed E-state index contributed by atoms with van der Waals surface area (Å²) in [5, 5.41) is 13.3. The molecule has 116 valence electrons. The summed E-state index contributed by atoms with van der Waals surface area (Å²) in [5.74, 6) is -0.825. The number of anilines is 1. The van der Waals surface area contributed by atoms with E-state index in [2.05, 4.69) is 27.8 Å². The summed E-state index contributed by atoms with van der Waals surface area (Å²) in [5.41, 5.74) is 3.88. The molecule has 6 heteroatoms. The first kappa shape index (κ1) is 13.9. The summed E-state index contributed by atoms with van der Waals surface area (Å²) in [7, 11) is 0. The Balaban J connectivity index is 1.66. The molecule has 23 heavy (non-hydrogen) atoms. The number of halogens is 1. The fourth-order valence-corrected chi connectivity index (χ4v) is 3.03. The Kier molecular flexibility index (Phi) is 3.12. The van der Waals surface area contributed by atoms with Crippen molar-refractivity contribution in [3.05, 3.63) is 59.0 Å². The molecule has 1 aromatic heterocycles. The fraction of sp³-hybridized carbons (Fsp3) is 0.176. The van der Waals surface area contributed by atoms with Crippen LogP contribution in [0.5, 0.6) is 0 Å². The van der Waals surface area contributed by atoms with E-state index >= 15 is 0 Å². The van der Waals surface area contributed by atoms with Crippen molar-refractivity contribution in [2.24, 2.45) is 0 Å². The van der Waals surface area contributed by atoms with Gasteiger partial charge in [-0.1, -0.05) is 6.07 Å². The van der Waals surface area contributed by atoms with Crippen LogP contribution in [0.1, 0.15) is 34.5 Å². The van der Waals surface area contributed by atoms with Crippen LogP contribution in [0.25, 0.3) is 10.9 Å². The van der Waals surface area contributed by atoms with Gasteiger partial charge in [0.25, 0.3) is 5.91 Å². The lowest BCUT2D eigenvalue weighted by Gasteiger charge is -2.09. The molecule has 1 aliphatic heterocycles. The molecule has 2 heterocycles. The minimum Gasteiger partial charge on any atom is -0.322 e. The molecule has 0 unspecified atom stereocenters. The minimum atomic E-state index is -0.473. The Bertz CT molecular complexity index is 918. The topological polar surface area (TPSA) is 69.8 Å². The van der Waals surface area contributed by atoms with Gasteiger partial charge in [0.05, 0.1) is 17.3 Å². The average molecular weight is 310 g/mol. The number of carbonyl (C=O) groups is 1. The maximum atomic E-state index is 13.7. The molecule has 5 nitrogen and oxygen atoms in total. The van der Waals surface area contributed by atoms with Crippen LogP contribution >= 0.6 is 0 Å². The van der Waals surface area contributed by atoms with Gasteiger partial charge < -0.3 is 10.6 Å². The van der Waals surface area contributed by atoms with Crippen LogP contribution in [-0.2, 0) is 6.54 Å². The van der Waals surface area contributed by atoms with Crippen molar-refractivity contribution in [1.82, 2.24) is 15.5 Å². The van der Waals surface area contributed by atoms with Gasteiger partial charge >= 0.3 is 0 Å². The third kappa shape index (κ3) is 2.37. The number of hydrogen-bond donors (Lipinski definition) is 3. The summed E-state index contributed by atoms with van der Waals surface area (Å²) in [4.78, 5) is 12.5. The number of carbonyl (C=O) groups excluding carboxylic acids is 1. The number of H-pyrrole nitrogens is 1. The quantitative estimate of drug-likeness (QED) is 0.681. The lowest BCUT2D eigenvalue weighted by molar-refractivity contribution is 0.102. The largest absolute Gasteiger partial charge is 0.322 e. The Hall–Kier alpha value is -2.73. The van der Waals surface area contributed by atoms with Crippen LogP contribution in [0, 0.1) is 5.82 Å². The summed E-state index contributed by atoms with van der Waals surface area (Å²) < 4.78 is 13.7. The van der Waals surface area contributed by atoms with E-state index in [0.717, 1.165) is 6.54 Å². The molecule has 1 amide bonds. The number of nitrogens with one attached hydrogen (secondary N) is 3. The number of aromatic amines is 1. The van der Waals surface area contributed by atoms with E-state index in [-0.39, 0.29) is 11.5 Å². The molecule has 0 saturated heterocycles. The summed E-state index contributed by atoms with van der Waals surface area (Å²) >= 11 is 0. The molecule has 0 fully saturated rings. The molecule has 1 atom stereocenters. The molecule has 0 aliphatic carbocycles. The van der Waals surface area contributed by atoms with E-state index in [1.165, 1.54) is 29.5 Å². The summed E-state index contributed by atoms with van der Waals surface area (Å²) in [6.45, 7) is 2.89. The van der Waals surface area contributed by atoms with Gasteiger partial charge in [-0.2, -0.15) is 5.10 Å². The highest BCUT2D eigenvalue weighted by atomic mass is 19.1. The number of rotatable bonds is 2. The highest BCUT2D eigenvalue weighted by Crippen LogP contribution is 2.28. The lowest BCUT2D eigenvalue weighted by atomic mass is 10.0. The van der Waals surface area contributed by atoms with Crippen molar-refractivity contribution in [3.8, 4) is 0 Å². The van der Waals surface area contributed by atoms with Gasteiger partial charge in [-0.15, -0.1) is 0 Å². The SMILES string of the molecule is C[C@H]1NCc2cc(NC(=O)c3cc(F)cc4[nH]ncc34)ccc21. The van der Waals surface area contributed by atoms with E-state index in [1.54, 1.807) is 0 Å². The van der Waals surface area contributed by atoms with Gasteiger partial charge in [-0.05, 0) is 42.3 Å². The number of fused-ring (bicyclic) bond motifs is 2. The van der Waals surface area contributed by atoms with Crippen molar-refractivity contribution in [2.45, 2.75) is 19.5 Å². The zero-order valence-corrected chi connectivity index (χ0v) is 12.5. The van der Waals surface area contributed by atoms with Crippen LogP contribution in [0.2, 0.25) is 0 Å². The predicted octanol–water partition coefficient (Wildman–Crippen LogP) is 3.12. The maximum Gasteiger partial charge on any atom is 0.256 e. The lowest BCUT2D eigenvalue weighted by Crippen LogP contribution is -2.12. The third-order valence-electron chi connectivity index (χ3n) is 4.23. The maximum absolute atomic E-state index is 13.7. The second-order valence-corrected chi connectivity index (χ2v) is 5.75. The number of amides is 1. The number of aromatic nitrogens is 2. The molecule has 3 N–H and O–H groups in total. The second kappa shape index (κ2) is 5.17. The Morgan fingerprint density at radius 1 is 1.35 bits per heavy atom. The van der Waals surface area contributed by atoms with E-state index in [4.69, 9.17) is 0 Å². The first-order valence-corrected chi connectivity index (χ1v) is 7.42. The van der Waals surface area contributed by atoms with Crippen LogP contribution in [-0.4, -0.2) is 16.1 Å². The van der Waals surface area contributed by atoms with Gasteiger partial charge in [0, 0.05) is 23.7 Å². The summed E-state index contributed by atoms with van der Waals surface area (Å²) in [6, 6.07) is 8.70. The predicted molar refractivity (Wildman–Crippen MR) is 85.7 cm³/mol. The van der Waals surface area contributed by atoms with Crippen LogP contribution < -0.4 is 10.6 Å². The van der Waals surface area contributed by atoms with Crippen LogP contribution in [0.4, 0.5) is 10.1 Å². The first-order valence-electron chi connectivity index (χ1n) is 7.42. The smallest absolute Gasteiger partial charge is 0.256 e. The molecule has 1 aliphatic rings. The second-order valence-electron chi connectivity index (χ2n) is 5.75. The minimum absolute atomic E-state index is 0.265. The fourth-order valence-electron chi connectivity index (χ4n) is 3.03. The van der Waals surface area contributed by atoms with Gasteiger partial charge in [0.1, 0.15) is 5.82 Å². The number of benzene rings is 2. The van der Waals surface area contributed by atoms with Crippen molar-refractivity contribution in [2.75, 3.05) is 5.32 Å². The zero-order chi connectivity index (χ0) is 16.0. The molecular formula is C17H15FN4O. The van der Waals surface area contributed by atoms with E-state index < -0.39 is 5.82 Å². The molecule has 2 aromatic carbocycles. The molecule has 0 bridgehead atoms. The van der Waals surface area contributed by atoms with Gasteiger partial charge in [-0.3, -0.25) is 9.89 Å². The van der Waals surface area contributed by atoms with E-state index in [1.807, 2.05) is 18.2 Å². The number of hydrogen-bond acceptors (Lipinski definition) is 3. The molecular weight excluding hydrogens is 295 g/mol. The van der Waals surface area contributed by atoms with Crippen molar-refractivity contribution in [3.63, 3.8) is 0 Å². The molecule has 0 radical (unpaired) electrons. The Labute approximate surface area is 131 Å². The van der Waals surface area contributed by atoms with Crippen LogP contribution in [0.15, 0.2) is 36.5 Å². The van der Waals surface area contributed by atoms with Gasteiger partial charge in [0.2, 0.25) is 0 Å². The highest BCUT2D eigenvalue weighted by molar-refractivity contribution is 6.12. The Morgan fingerprint density at radius 2 is 2.22 bits per heavy atom.